The van der Waals surface area contributed by atoms with Gasteiger partial charge in [-0.3, -0.25) is 19.8 Å². The number of aryl methyl sites for hydroxylation is 2. The third-order valence-electron chi connectivity index (χ3n) is 7.76. The molecule has 8 heteroatoms. The number of amides is 1. The zero-order chi connectivity index (χ0) is 28.5. The predicted octanol–water partition coefficient (Wildman–Crippen LogP) is 6.15. The number of hydrogen-bond acceptors (Lipinski definition) is 5. The second kappa shape index (κ2) is 11.0. The van der Waals surface area contributed by atoms with Crippen LogP contribution in [0.5, 0.6) is 0 Å². The van der Waals surface area contributed by atoms with E-state index in [0.29, 0.717) is 19.6 Å². The van der Waals surface area contributed by atoms with Crippen LogP contribution in [0.1, 0.15) is 27.2 Å². The van der Waals surface area contributed by atoms with Crippen molar-refractivity contribution in [2.75, 3.05) is 26.2 Å². The molecule has 0 spiro atoms. The molecule has 5 aromatic rings. The molecule has 1 fully saturated rings. The van der Waals surface area contributed by atoms with Crippen LogP contribution < -0.4 is 0 Å². The second-order valence-corrected chi connectivity index (χ2v) is 10.7. The second-order valence-electron chi connectivity index (χ2n) is 10.7. The number of aromatic nitrogens is 2. The number of pyridine rings is 1. The number of carbonyl (C=O) groups is 1. The lowest BCUT2D eigenvalue weighted by Crippen LogP contribution is -2.48. The first-order chi connectivity index (χ1) is 19.9. The Balaban J connectivity index is 1.31. The Morgan fingerprint density at radius 2 is 1.49 bits per heavy atom. The summed E-state index contributed by atoms with van der Waals surface area (Å²) in [6, 6.07) is 26.7. The van der Waals surface area contributed by atoms with E-state index in [1.54, 1.807) is 12.1 Å². The minimum Gasteiger partial charge on any atom is -0.336 e. The normalized spacial score (nSPS) is 14.0. The molecule has 8 nitrogen and oxygen atoms in total. The third-order valence-corrected chi connectivity index (χ3v) is 7.76. The van der Waals surface area contributed by atoms with Gasteiger partial charge in [0.2, 0.25) is 0 Å². The van der Waals surface area contributed by atoms with E-state index in [0.717, 1.165) is 57.9 Å². The molecule has 3 heterocycles. The lowest BCUT2D eigenvalue weighted by Gasteiger charge is -2.34. The van der Waals surface area contributed by atoms with Crippen LogP contribution in [-0.2, 0) is 6.54 Å². The average molecular weight is 546 g/mol. The lowest BCUT2D eigenvalue weighted by molar-refractivity contribution is -0.384. The highest BCUT2D eigenvalue weighted by Gasteiger charge is 2.25. The van der Waals surface area contributed by atoms with E-state index in [9.17, 15) is 14.9 Å². The molecular weight excluding hydrogens is 514 g/mol. The van der Waals surface area contributed by atoms with Gasteiger partial charge in [-0.15, -0.1) is 0 Å². The van der Waals surface area contributed by atoms with Crippen LogP contribution >= 0.6 is 0 Å². The van der Waals surface area contributed by atoms with Crippen molar-refractivity contribution in [3.8, 4) is 22.4 Å². The summed E-state index contributed by atoms with van der Waals surface area (Å²) in [4.78, 5) is 33.4. The largest absolute Gasteiger partial charge is 0.336 e. The molecule has 0 atom stereocenters. The number of hydrogen-bond donors (Lipinski definition) is 0. The Kier molecular flexibility index (Phi) is 7.07. The number of nitro groups is 1. The van der Waals surface area contributed by atoms with E-state index in [1.165, 1.54) is 11.6 Å². The summed E-state index contributed by atoms with van der Waals surface area (Å²) in [6.45, 7) is 7.56. The van der Waals surface area contributed by atoms with Crippen LogP contribution in [0.3, 0.4) is 0 Å². The third kappa shape index (κ3) is 5.47. The maximum Gasteiger partial charge on any atom is 0.270 e. The Bertz CT molecular complexity index is 1730. The summed E-state index contributed by atoms with van der Waals surface area (Å²) in [7, 11) is 0. The summed E-state index contributed by atoms with van der Waals surface area (Å²) >= 11 is 0. The van der Waals surface area contributed by atoms with Crippen molar-refractivity contribution in [2.24, 2.45) is 0 Å². The highest BCUT2D eigenvalue weighted by molar-refractivity contribution is 5.94. The highest BCUT2D eigenvalue weighted by atomic mass is 16.6. The van der Waals surface area contributed by atoms with Gasteiger partial charge in [0.05, 0.1) is 16.3 Å². The summed E-state index contributed by atoms with van der Waals surface area (Å²) in [5.74, 6) is 0.0707. The lowest BCUT2D eigenvalue weighted by atomic mass is 10.1. The Labute approximate surface area is 238 Å². The number of nitrogens with zero attached hydrogens (tertiary/aromatic N) is 5. The number of non-ortho nitro benzene ring substituents is 1. The van der Waals surface area contributed by atoms with E-state index >= 15 is 0 Å². The molecule has 1 saturated heterocycles. The topological polar surface area (TPSA) is 84.0 Å². The van der Waals surface area contributed by atoms with Crippen LogP contribution in [0.2, 0.25) is 0 Å². The molecule has 0 aliphatic carbocycles. The highest BCUT2D eigenvalue weighted by Crippen LogP contribution is 2.30. The molecular formula is C33H31N5O3. The van der Waals surface area contributed by atoms with Crippen molar-refractivity contribution in [1.29, 1.82) is 0 Å². The van der Waals surface area contributed by atoms with E-state index in [1.807, 2.05) is 60.5 Å². The predicted molar refractivity (Wildman–Crippen MR) is 160 cm³/mol. The van der Waals surface area contributed by atoms with Crippen molar-refractivity contribution in [2.45, 2.75) is 20.4 Å². The number of nitro benzene ring substituents is 1. The molecule has 0 saturated carbocycles. The molecule has 0 N–H and O–H groups in total. The van der Waals surface area contributed by atoms with E-state index in [-0.39, 0.29) is 16.5 Å². The van der Waals surface area contributed by atoms with Gasteiger partial charge in [-0.05, 0) is 49.2 Å². The molecule has 1 amide bonds. The molecule has 1 aliphatic rings. The van der Waals surface area contributed by atoms with Gasteiger partial charge in [-0.25, -0.2) is 4.98 Å². The van der Waals surface area contributed by atoms with Gasteiger partial charge < -0.3 is 9.30 Å². The van der Waals surface area contributed by atoms with Crippen LogP contribution in [0.15, 0.2) is 91.1 Å². The van der Waals surface area contributed by atoms with Crippen LogP contribution in [0, 0.1) is 24.0 Å². The molecule has 6 rings (SSSR count). The number of imidazole rings is 1. The maximum atomic E-state index is 13.1. The summed E-state index contributed by atoms with van der Waals surface area (Å²) in [5, 5.41) is 11.4. The van der Waals surface area contributed by atoms with E-state index in [4.69, 9.17) is 4.98 Å². The molecule has 206 valence electrons. The molecule has 1 aliphatic heterocycles. The number of rotatable bonds is 6. The Morgan fingerprint density at radius 3 is 2.17 bits per heavy atom. The zero-order valence-corrected chi connectivity index (χ0v) is 23.2. The van der Waals surface area contributed by atoms with Gasteiger partial charge in [-0.2, -0.15) is 0 Å². The number of fused-ring (bicyclic) bond motifs is 1. The minimum atomic E-state index is -0.372. The number of carbonyl (C=O) groups excluding carboxylic acids is 1. The first kappa shape index (κ1) is 26.4. The SMILES string of the molecule is Cc1ccc(C(=O)N2CCN(Cc3c(-c4ccc(C)cc4)nc4ccc(-c5cccc([N+](=O)[O-])c5)cn34)CC2)cc1. The number of piperazine rings is 1. The monoisotopic (exact) mass is 545 g/mol. The number of benzene rings is 3. The standard InChI is InChI=1S/C33H31N5O3/c1-23-6-10-25(11-7-23)32-30(22-35-16-18-36(19-17-35)33(39)26-12-8-24(2)9-13-26)37-21-28(14-15-31(37)34-32)27-4-3-5-29(20-27)38(40)41/h3-15,20-21H,16-19,22H2,1-2H3. The molecule has 0 radical (unpaired) electrons. The van der Waals surface area contributed by atoms with Gasteiger partial charge in [-0.1, -0.05) is 59.7 Å². The van der Waals surface area contributed by atoms with E-state index < -0.39 is 0 Å². The summed E-state index contributed by atoms with van der Waals surface area (Å²) in [6.07, 6.45) is 2.02. The van der Waals surface area contributed by atoms with Crippen molar-refractivity contribution in [1.82, 2.24) is 19.2 Å². The van der Waals surface area contributed by atoms with E-state index in [2.05, 4.69) is 40.5 Å². The molecule has 2 aromatic heterocycles. The molecule has 3 aromatic carbocycles. The summed E-state index contributed by atoms with van der Waals surface area (Å²) < 4.78 is 2.10. The fourth-order valence-corrected chi connectivity index (χ4v) is 5.36. The van der Waals surface area contributed by atoms with Gasteiger partial charge in [0.25, 0.3) is 11.6 Å². The maximum absolute atomic E-state index is 13.1. The average Bonchev–Trinajstić information content (AvgIpc) is 3.35. The van der Waals surface area contributed by atoms with Crippen LogP contribution in [0.25, 0.3) is 28.0 Å². The summed E-state index contributed by atoms with van der Waals surface area (Å²) in [5.41, 5.74) is 8.59. The zero-order valence-electron chi connectivity index (χ0n) is 23.2. The van der Waals surface area contributed by atoms with Crippen molar-refractivity contribution < 1.29 is 9.72 Å². The molecule has 41 heavy (non-hydrogen) atoms. The van der Waals surface area contributed by atoms with Gasteiger partial charge in [0.15, 0.2) is 0 Å². The fraction of sp³-hybridized carbons (Fsp3) is 0.212. The van der Waals surface area contributed by atoms with Crippen molar-refractivity contribution in [3.63, 3.8) is 0 Å². The molecule has 0 unspecified atom stereocenters. The van der Waals surface area contributed by atoms with Crippen molar-refractivity contribution >= 4 is 17.2 Å². The smallest absolute Gasteiger partial charge is 0.270 e. The first-order valence-corrected chi connectivity index (χ1v) is 13.8. The van der Waals surface area contributed by atoms with Gasteiger partial charge in [0, 0.05) is 62.2 Å². The fourth-order valence-electron chi connectivity index (χ4n) is 5.36. The molecule has 0 bridgehead atoms. The van der Waals surface area contributed by atoms with Gasteiger partial charge >= 0.3 is 0 Å². The van der Waals surface area contributed by atoms with Crippen molar-refractivity contribution in [3.05, 3.63) is 124 Å². The first-order valence-electron chi connectivity index (χ1n) is 13.8. The van der Waals surface area contributed by atoms with Crippen LogP contribution in [-0.4, -0.2) is 56.2 Å². The van der Waals surface area contributed by atoms with Gasteiger partial charge in [0.1, 0.15) is 5.65 Å². The Morgan fingerprint density at radius 1 is 0.829 bits per heavy atom. The van der Waals surface area contributed by atoms with Crippen LogP contribution in [0.4, 0.5) is 5.69 Å². The quantitative estimate of drug-likeness (QED) is 0.189. The Hall–Kier alpha value is -4.82. The minimum absolute atomic E-state index is 0.0619.